The zero-order valence-electron chi connectivity index (χ0n) is 8.88. The molecule has 0 fully saturated rings. The largest absolute Gasteiger partial charge is 0.573 e. The van der Waals surface area contributed by atoms with Gasteiger partial charge in [-0.3, -0.25) is 0 Å². The van der Waals surface area contributed by atoms with Gasteiger partial charge in [-0.05, 0) is 25.0 Å². The Hall–Kier alpha value is -1.23. The summed E-state index contributed by atoms with van der Waals surface area (Å²) in [5.41, 5.74) is 0.494. The van der Waals surface area contributed by atoms with Gasteiger partial charge in [0.05, 0.1) is 6.61 Å². The lowest BCUT2D eigenvalue weighted by Gasteiger charge is -2.12. The topological polar surface area (TPSA) is 18.5 Å². The van der Waals surface area contributed by atoms with Gasteiger partial charge in [-0.15, -0.1) is 13.2 Å². The van der Waals surface area contributed by atoms with E-state index in [9.17, 15) is 13.2 Å². The third-order valence-corrected chi connectivity index (χ3v) is 1.92. The summed E-state index contributed by atoms with van der Waals surface area (Å²) in [7, 11) is 0. The van der Waals surface area contributed by atoms with Crippen molar-refractivity contribution in [1.82, 2.24) is 0 Å². The zero-order chi connectivity index (χ0) is 12.0. The fourth-order valence-corrected chi connectivity index (χ4v) is 1.26. The summed E-state index contributed by atoms with van der Waals surface area (Å²) in [5, 5.41) is 0. The van der Waals surface area contributed by atoms with E-state index < -0.39 is 6.36 Å². The van der Waals surface area contributed by atoms with E-state index in [4.69, 9.17) is 4.74 Å². The van der Waals surface area contributed by atoms with Crippen molar-refractivity contribution in [3.8, 4) is 5.75 Å². The Morgan fingerprint density at radius 2 is 1.88 bits per heavy atom. The molecule has 0 aliphatic heterocycles. The molecule has 0 aromatic heterocycles. The maximum Gasteiger partial charge on any atom is 0.573 e. The third-order valence-electron chi connectivity index (χ3n) is 1.92. The molecule has 1 aromatic carbocycles. The van der Waals surface area contributed by atoms with Crippen LogP contribution in [0.15, 0.2) is 24.3 Å². The summed E-state index contributed by atoms with van der Waals surface area (Å²) in [4.78, 5) is 0. The smallest absolute Gasteiger partial charge is 0.406 e. The highest BCUT2D eigenvalue weighted by Crippen LogP contribution is 2.26. The minimum Gasteiger partial charge on any atom is -0.406 e. The van der Waals surface area contributed by atoms with Crippen molar-refractivity contribution >= 4 is 0 Å². The Morgan fingerprint density at radius 3 is 2.50 bits per heavy atom. The second kappa shape index (κ2) is 5.75. The molecule has 1 aromatic rings. The molecule has 0 bridgehead atoms. The highest BCUT2D eigenvalue weighted by atomic mass is 19.4. The lowest BCUT2D eigenvalue weighted by molar-refractivity contribution is -0.274. The summed E-state index contributed by atoms with van der Waals surface area (Å²) < 4.78 is 45.2. The number of alkyl halides is 3. The van der Waals surface area contributed by atoms with Crippen LogP contribution in [0.2, 0.25) is 0 Å². The summed E-state index contributed by atoms with van der Waals surface area (Å²) >= 11 is 0. The molecule has 0 unspecified atom stereocenters. The quantitative estimate of drug-likeness (QED) is 0.728. The first-order chi connectivity index (χ1) is 7.53. The maximum absolute atomic E-state index is 12.1. The van der Waals surface area contributed by atoms with Crippen LogP contribution in [0.25, 0.3) is 0 Å². The normalized spacial score (nSPS) is 11.5. The van der Waals surface area contributed by atoms with Gasteiger partial charge in [-0.2, -0.15) is 0 Å². The predicted molar refractivity (Wildman–Crippen MR) is 53.3 cm³/mol. The highest BCUT2D eigenvalue weighted by Gasteiger charge is 2.31. The Labute approximate surface area is 92.0 Å². The second-order valence-corrected chi connectivity index (χ2v) is 3.10. The van der Waals surface area contributed by atoms with E-state index in [1.165, 1.54) is 12.1 Å². The van der Waals surface area contributed by atoms with E-state index in [-0.39, 0.29) is 5.75 Å². The SMILES string of the molecule is CCOCCc1ccccc1OC(F)(F)F. The fourth-order valence-electron chi connectivity index (χ4n) is 1.26. The molecule has 0 atom stereocenters. The molecule has 2 nitrogen and oxygen atoms in total. The summed E-state index contributed by atoms with van der Waals surface area (Å²) in [5.74, 6) is -0.158. The highest BCUT2D eigenvalue weighted by molar-refractivity contribution is 5.33. The molecule has 5 heteroatoms. The predicted octanol–water partition coefficient (Wildman–Crippen LogP) is 3.16. The van der Waals surface area contributed by atoms with Crippen LogP contribution in [-0.2, 0) is 11.2 Å². The summed E-state index contributed by atoms with van der Waals surface area (Å²) in [6, 6.07) is 6.07. The number of hydrogen-bond acceptors (Lipinski definition) is 2. The molecule has 16 heavy (non-hydrogen) atoms. The van der Waals surface area contributed by atoms with Crippen molar-refractivity contribution in [3.63, 3.8) is 0 Å². The molecular weight excluding hydrogens is 221 g/mol. The molecule has 0 spiro atoms. The minimum atomic E-state index is -4.65. The van der Waals surface area contributed by atoms with Gasteiger partial charge in [-0.25, -0.2) is 0 Å². The lowest BCUT2D eigenvalue weighted by atomic mass is 10.1. The standard InChI is InChI=1S/C11H13F3O2/c1-2-15-8-7-9-5-3-4-6-10(9)16-11(12,13)14/h3-6H,2,7-8H2,1H3. The molecule has 0 aliphatic carbocycles. The molecule has 0 radical (unpaired) electrons. The van der Waals surface area contributed by atoms with Crippen LogP contribution in [0.3, 0.4) is 0 Å². The van der Waals surface area contributed by atoms with Crippen LogP contribution in [-0.4, -0.2) is 19.6 Å². The molecule has 1 rings (SSSR count). The first kappa shape index (κ1) is 12.8. The third kappa shape index (κ3) is 4.53. The molecule has 0 N–H and O–H groups in total. The van der Waals surface area contributed by atoms with Crippen molar-refractivity contribution < 1.29 is 22.6 Å². The van der Waals surface area contributed by atoms with Crippen molar-refractivity contribution in [2.45, 2.75) is 19.7 Å². The van der Waals surface area contributed by atoms with Gasteiger partial charge in [0.2, 0.25) is 0 Å². The molecule has 0 aliphatic rings. The first-order valence-electron chi connectivity index (χ1n) is 4.94. The molecular formula is C11H13F3O2. The van der Waals surface area contributed by atoms with Crippen LogP contribution in [0.5, 0.6) is 5.75 Å². The van der Waals surface area contributed by atoms with E-state index in [2.05, 4.69) is 4.74 Å². The number of halogens is 3. The van der Waals surface area contributed by atoms with E-state index >= 15 is 0 Å². The molecule has 0 heterocycles. The molecule has 0 saturated heterocycles. The maximum atomic E-state index is 12.1. The van der Waals surface area contributed by atoms with Crippen LogP contribution in [0, 0.1) is 0 Å². The molecule has 0 saturated carbocycles. The molecule has 90 valence electrons. The Balaban J connectivity index is 2.68. The number of rotatable bonds is 5. The van der Waals surface area contributed by atoms with Gasteiger partial charge in [0, 0.05) is 6.61 Å². The average molecular weight is 234 g/mol. The van der Waals surface area contributed by atoms with Gasteiger partial charge >= 0.3 is 6.36 Å². The van der Waals surface area contributed by atoms with Crippen molar-refractivity contribution in [2.75, 3.05) is 13.2 Å². The number of ether oxygens (including phenoxy) is 2. The van der Waals surface area contributed by atoms with E-state index in [1.54, 1.807) is 12.1 Å². The minimum absolute atomic E-state index is 0.158. The van der Waals surface area contributed by atoms with Crippen molar-refractivity contribution in [3.05, 3.63) is 29.8 Å². The number of hydrogen-bond donors (Lipinski definition) is 0. The lowest BCUT2D eigenvalue weighted by Crippen LogP contribution is -2.18. The van der Waals surface area contributed by atoms with Gasteiger partial charge in [0.1, 0.15) is 5.75 Å². The first-order valence-corrected chi connectivity index (χ1v) is 4.94. The number of benzene rings is 1. The second-order valence-electron chi connectivity index (χ2n) is 3.10. The summed E-state index contributed by atoms with van der Waals surface area (Å²) in [6.07, 6.45) is -4.25. The zero-order valence-corrected chi connectivity index (χ0v) is 8.88. The van der Waals surface area contributed by atoms with Gasteiger partial charge in [0.25, 0.3) is 0 Å². The van der Waals surface area contributed by atoms with Crippen molar-refractivity contribution in [2.24, 2.45) is 0 Å². The summed E-state index contributed by atoms with van der Waals surface area (Å²) in [6.45, 7) is 2.76. The Morgan fingerprint density at radius 1 is 1.19 bits per heavy atom. The van der Waals surface area contributed by atoms with Crippen LogP contribution in [0.1, 0.15) is 12.5 Å². The number of para-hydroxylation sites is 1. The fraction of sp³-hybridized carbons (Fsp3) is 0.455. The van der Waals surface area contributed by atoms with Crippen LogP contribution in [0.4, 0.5) is 13.2 Å². The van der Waals surface area contributed by atoms with Crippen LogP contribution >= 0.6 is 0 Å². The van der Waals surface area contributed by atoms with E-state index in [0.717, 1.165) is 0 Å². The Kier molecular flexibility index (Phi) is 4.61. The Bertz CT molecular complexity index is 323. The van der Waals surface area contributed by atoms with Gasteiger partial charge in [-0.1, -0.05) is 18.2 Å². The monoisotopic (exact) mass is 234 g/mol. The van der Waals surface area contributed by atoms with E-state index in [0.29, 0.717) is 25.2 Å². The average Bonchev–Trinajstić information content (AvgIpc) is 2.19. The molecule has 0 amide bonds. The van der Waals surface area contributed by atoms with E-state index in [1.807, 2.05) is 6.92 Å². The van der Waals surface area contributed by atoms with Crippen molar-refractivity contribution in [1.29, 1.82) is 0 Å². The van der Waals surface area contributed by atoms with Gasteiger partial charge < -0.3 is 9.47 Å². The van der Waals surface area contributed by atoms with Crippen LogP contribution < -0.4 is 4.74 Å². The van der Waals surface area contributed by atoms with Gasteiger partial charge in [0.15, 0.2) is 0 Å².